The van der Waals surface area contributed by atoms with Crippen molar-refractivity contribution in [3.63, 3.8) is 0 Å². The zero-order chi connectivity index (χ0) is 8.36. The minimum absolute atomic E-state index is 0. The van der Waals surface area contributed by atoms with E-state index in [9.17, 15) is 4.79 Å². The maximum atomic E-state index is 11.4. The van der Waals surface area contributed by atoms with Crippen LogP contribution in [0.1, 0.15) is 55.9 Å². The average molecular weight is 174 g/mol. The van der Waals surface area contributed by atoms with Crippen molar-refractivity contribution >= 4 is 5.78 Å². The number of rotatable bonds is 2. The minimum atomic E-state index is -0.157. The van der Waals surface area contributed by atoms with Crippen LogP contribution >= 0.6 is 0 Å². The molecule has 0 N–H and O–H groups in total. The third-order valence-corrected chi connectivity index (χ3v) is 1.80. The van der Waals surface area contributed by atoms with Gasteiger partial charge in [-0.1, -0.05) is 49.5 Å². The molecule has 0 aromatic carbocycles. The van der Waals surface area contributed by atoms with Crippen molar-refractivity contribution in [2.45, 2.75) is 55.9 Å². The van der Waals surface area contributed by atoms with Crippen LogP contribution in [0, 0.1) is 11.3 Å². The molecule has 1 nitrogen and oxygen atoms in total. The monoisotopic (exact) mass is 174 g/mol. The van der Waals surface area contributed by atoms with E-state index in [1.165, 1.54) is 0 Å². The summed E-state index contributed by atoms with van der Waals surface area (Å²) in [6.45, 7) is 9.96. The zero-order valence-electron chi connectivity index (χ0n) is 7.69. The normalized spacial score (nSPS) is 12.4. The third-order valence-electron chi connectivity index (χ3n) is 1.80. The summed E-state index contributed by atoms with van der Waals surface area (Å²) in [6, 6.07) is 0. The summed E-state index contributed by atoms with van der Waals surface area (Å²) in [7, 11) is 0. The first kappa shape index (κ1) is 17.7. The molecule has 0 aromatic rings. The van der Waals surface area contributed by atoms with E-state index in [1.54, 1.807) is 0 Å². The molecule has 0 fully saturated rings. The lowest BCUT2D eigenvalue weighted by Crippen LogP contribution is -2.26. The smallest absolute Gasteiger partial charge is 0.140 e. The van der Waals surface area contributed by atoms with Crippen LogP contribution in [0.25, 0.3) is 0 Å². The summed E-state index contributed by atoms with van der Waals surface area (Å²) in [6.07, 6.45) is 0.954. The van der Waals surface area contributed by atoms with Crippen molar-refractivity contribution < 1.29 is 4.79 Å². The van der Waals surface area contributed by atoms with E-state index in [0.29, 0.717) is 5.78 Å². The van der Waals surface area contributed by atoms with Gasteiger partial charge in [0.1, 0.15) is 5.78 Å². The lowest BCUT2D eigenvalue weighted by molar-refractivity contribution is -0.129. The molecule has 0 heterocycles. The first-order chi connectivity index (χ1) is 4.39. The predicted molar refractivity (Wildman–Crippen MR) is 57.4 cm³/mol. The molecule has 0 aliphatic rings. The van der Waals surface area contributed by atoms with Gasteiger partial charge in [0.2, 0.25) is 0 Å². The molecule has 1 atom stereocenters. The van der Waals surface area contributed by atoms with Crippen LogP contribution in [0.15, 0.2) is 0 Å². The van der Waals surface area contributed by atoms with E-state index >= 15 is 0 Å². The Kier molecular flexibility index (Phi) is 9.15. The fraction of sp³-hybridized carbons (Fsp3) is 0.909. The highest BCUT2D eigenvalue weighted by molar-refractivity contribution is 5.85. The minimum Gasteiger partial charge on any atom is -0.299 e. The Balaban J connectivity index is -0.000000405. The SMILES string of the molecule is C.C.CCC(C)C(=O)C(C)(C)C. The van der Waals surface area contributed by atoms with E-state index in [0.717, 1.165) is 6.42 Å². The molecular weight excluding hydrogens is 148 g/mol. The first-order valence-electron chi connectivity index (χ1n) is 3.94. The van der Waals surface area contributed by atoms with E-state index < -0.39 is 0 Å². The molecule has 1 unspecified atom stereocenters. The van der Waals surface area contributed by atoms with Crippen LogP contribution in [0.2, 0.25) is 0 Å². The summed E-state index contributed by atoms with van der Waals surface area (Å²) < 4.78 is 0. The quantitative estimate of drug-likeness (QED) is 0.620. The fourth-order valence-electron chi connectivity index (χ4n) is 0.925. The summed E-state index contributed by atoms with van der Waals surface area (Å²) >= 11 is 0. The van der Waals surface area contributed by atoms with Crippen LogP contribution in [0.5, 0.6) is 0 Å². The van der Waals surface area contributed by atoms with E-state index in [2.05, 4.69) is 0 Å². The number of hydrogen-bond acceptors (Lipinski definition) is 1. The topological polar surface area (TPSA) is 17.1 Å². The van der Waals surface area contributed by atoms with Crippen molar-refractivity contribution in [3.8, 4) is 0 Å². The van der Waals surface area contributed by atoms with E-state index in [1.807, 2.05) is 34.6 Å². The van der Waals surface area contributed by atoms with Gasteiger partial charge in [0.25, 0.3) is 0 Å². The van der Waals surface area contributed by atoms with Gasteiger partial charge in [-0.2, -0.15) is 0 Å². The average Bonchev–Trinajstić information content (AvgIpc) is 1.83. The Morgan fingerprint density at radius 3 is 1.67 bits per heavy atom. The molecule has 1 heteroatoms. The number of carbonyl (C=O) groups excluding carboxylic acids is 1. The zero-order valence-corrected chi connectivity index (χ0v) is 7.69. The van der Waals surface area contributed by atoms with Crippen LogP contribution in [0.3, 0.4) is 0 Å². The molecule has 0 bridgehead atoms. The van der Waals surface area contributed by atoms with Gasteiger partial charge in [-0.15, -0.1) is 0 Å². The fourth-order valence-corrected chi connectivity index (χ4v) is 0.925. The Morgan fingerprint density at radius 2 is 1.58 bits per heavy atom. The molecule has 0 amide bonds. The molecule has 0 spiro atoms. The second kappa shape index (κ2) is 6.22. The van der Waals surface area contributed by atoms with Crippen molar-refractivity contribution in [2.75, 3.05) is 0 Å². The maximum Gasteiger partial charge on any atom is 0.140 e. The predicted octanol–water partition coefficient (Wildman–Crippen LogP) is 3.92. The van der Waals surface area contributed by atoms with Gasteiger partial charge in [-0.05, 0) is 6.42 Å². The lowest BCUT2D eigenvalue weighted by Gasteiger charge is -2.20. The number of hydrogen-bond donors (Lipinski definition) is 0. The van der Waals surface area contributed by atoms with Gasteiger partial charge in [0.05, 0.1) is 0 Å². The number of ketones is 1. The van der Waals surface area contributed by atoms with Crippen LogP contribution in [-0.4, -0.2) is 5.78 Å². The molecule has 0 radical (unpaired) electrons. The van der Waals surface area contributed by atoms with Crippen molar-refractivity contribution in [1.82, 2.24) is 0 Å². The maximum absolute atomic E-state index is 11.4. The second-order valence-electron chi connectivity index (χ2n) is 3.92. The summed E-state index contributed by atoms with van der Waals surface area (Å²) in [4.78, 5) is 11.4. The highest BCUT2D eigenvalue weighted by atomic mass is 16.1. The Labute approximate surface area is 78.6 Å². The molecule has 0 saturated heterocycles. The Hall–Kier alpha value is -0.330. The standard InChI is InChI=1S/C9H18O.2CH4/c1-6-7(2)8(10)9(3,4)5;;/h7H,6H2,1-5H3;2*1H4. The Bertz CT molecular complexity index is 119. The van der Waals surface area contributed by atoms with Gasteiger partial charge in [0.15, 0.2) is 0 Å². The molecule has 0 saturated carbocycles. The van der Waals surface area contributed by atoms with Gasteiger partial charge in [-0.25, -0.2) is 0 Å². The van der Waals surface area contributed by atoms with Crippen LogP contribution in [-0.2, 0) is 4.79 Å². The van der Waals surface area contributed by atoms with Crippen molar-refractivity contribution in [2.24, 2.45) is 11.3 Å². The largest absolute Gasteiger partial charge is 0.299 e. The molecule has 0 aliphatic heterocycles. The number of Topliss-reactive ketones (excluding diaryl/α,β-unsaturated/α-hetero) is 1. The summed E-state index contributed by atoms with van der Waals surface area (Å²) in [5.41, 5.74) is -0.157. The third kappa shape index (κ3) is 5.34. The van der Waals surface area contributed by atoms with E-state index in [-0.39, 0.29) is 26.2 Å². The van der Waals surface area contributed by atoms with Crippen molar-refractivity contribution in [1.29, 1.82) is 0 Å². The van der Waals surface area contributed by atoms with E-state index in [4.69, 9.17) is 0 Å². The molecule has 0 aliphatic carbocycles. The van der Waals surface area contributed by atoms with Crippen molar-refractivity contribution in [3.05, 3.63) is 0 Å². The van der Waals surface area contributed by atoms with Gasteiger partial charge >= 0.3 is 0 Å². The Morgan fingerprint density at radius 1 is 1.25 bits per heavy atom. The van der Waals surface area contributed by atoms with Crippen LogP contribution in [0.4, 0.5) is 0 Å². The summed E-state index contributed by atoms with van der Waals surface area (Å²) in [5.74, 6) is 0.593. The second-order valence-corrected chi connectivity index (χ2v) is 3.92. The van der Waals surface area contributed by atoms with Crippen LogP contribution < -0.4 is 0 Å². The summed E-state index contributed by atoms with van der Waals surface area (Å²) in [5, 5.41) is 0. The number of carbonyl (C=O) groups is 1. The van der Waals surface area contributed by atoms with Gasteiger partial charge < -0.3 is 0 Å². The highest BCUT2D eigenvalue weighted by Gasteiger charge is 2.24. The highest BCUT2D eigenvalue weighted by Crippen LogP contribution is 2.21. The van der Waals surface area contributed by atoms with Gasteiger partial charge in [-0.3, -0.25) is 4.79 Å². The molecule has 76 valence electrons. The molecule has 12 heavy (non-hydrogen) atoms. The molecule has 0 aromatic heterocycles. The van der Waals surface area contributed by atoms with Gasteiger partial charge in [0, 0.05) is 11.3 Å². The molecule has 0 rings (SSSR count). The molecular formula is C11H26O. The lowest BCUT2D eigenvalue weighted by atomic mass is 9.83. The first-order valence-corrected chi connectivity index (χ1v) is 3.94.